The van der Waals surface area contributed by atoms with E-state index in [9.17, 15) is 18.0 Å². The van der Waals surface area contributed by atoms with E-state index < -0.39 is 23.5 Å². The number of halogens is 3. The van der Waals surface area contributed by atoms with Crippen LogP contribution in [0.2, 0.25) is 0 Å². The number of aromatic nitrogens is 1. The molecule has 6 heteroatoms. The molecular formula is C13H9F3N2O. The number of hydrogen-bond donors (Lipinski definition) is 1. The average molecular weight is 266 g/mol. The fourth-order valence-electron chi connectivity index (χ4n) is 1.48. The van der Waals surface area contributed by atoms with Crippen LogP contribution in [0.3, 0.4) is 0 Å². The van der Waals surface area contributed by atoms with Gasteiger partial charge in [-0.05, 0) is 30.7 Å². The van der Waals surface area contributed by atoms with Crippen molar-refractivity contribution in [2.75, 3.05) is 5.32 Å². The zero-order valence-electron chi connectivity index (χ0n) is 9.88. The molecule has 0 aliphatic carbocycles. The van der Waals surface area contributed by atoms with Crippen LogP contribution in [0.1, 0.15) is 15.9 Å². The van der Waals surface area contributed by atoms with Crippen LogP contribution in [-0.2, 0) is 0 Å². The molecule has 1 aromatic heterocycles. The van der Waals surface area contributed by atoms with Gasteiger partial charge in [-0.2, -0.15) is 4.39 Å². The predicted molar refractivity (Wildman–Crippen MR) is 63.2 cm³/mol. The zero-order valence-corrected chi connectivity index (χ0v) is 9.88. The molecule has 0 saturated carbocycles. The lowest BCUT2D eigenvalue weighted by Gasteiger charge is -2.07. The highest BCUT2D eigenvalue weighted by Crippen LogP contribution is 2.16. The number of amides is 1. The molecule has 98 valence electrons. The summed E-state index contributed by atoms with van der Waals surface area (Å²) >= 11 is 0. The summed E-state index contributed by atoms with van der Waals surface area (Å²) < 4.78 is 39.1. The fourth-order valence-corrected chi connectivity index (χ4v) is 1.48. The first-order valence-electron chi connectivity index (χ1n) is 5.36. The van der Waals surface area contributed by atoms with Gasteiger partial charge in [0, 0.05) is 6.07 Å². The Hall–Kier alpha value is -2.37. The van der Waals surface area contributed by atoms with Gasteiger partial charge in [-0.15, -0.1) is 0 Å². The number of pyridine rings is 1. The number of nitrogens with zero attached hydrogens (tertiary/aromatic N) is 1. The average Bonchev–Trinajstić information content (AvgIpc) is 2.36. The fraction of sp³-hybridized carbons (Fsp3) is 0.0769. The summed E-state index contributed by atoms with van der Waals surface area (Å²) in [4.78, 5) is 15.1. The SMILES string of the molecule is Cc1cc(C(=O)Nc2ccc(F)nc2)c(F)cc1F. The number of nitrogens with one attached hydrogen (secondary N) is 1. The zero-order chi connectivity index (χ0) is 14.0. The van der Waals surface area contributed by atoms with Crippen molar-refractivity contribution >= 4 is 11.6 Å². The quantitative estimate of drug-likeness (QED) is 0.849. The summed E-state index contributed by atoms with van der Waals surface area (Å²) in [6.07, 6.45) is 1.10. The van der Waals surface area contributed by atoms with Crippen LogP contribution in [0.5, 0.6) is 0 Å². The summed E-state index contributed by atoms with van der Waals surface area (Å²) in [6, 6.07) is 4.10. The monoisotopic (exact) mass is 266 g/mol. The minimum absolute atomic E-state index is 0.156. The van der Waals surface area contributed by atoms with Gasteiger partial charge < -0.3 is 5.32 Å². The standard InChI is InChI=1S/C13H9F3N2O/c1-7-4-9(11(15)5-10(7)14)13(19)18-8-2-3-12(16)17-6-8/h2-6H,1H3,(H,18,19). The Morgan fingerprint density at radius 3 is 2.53 bits per heavy atom. The Balaban J connectivity index is 2.25. The lowest BCUT2D eigenvalue weighted by atomic mass is 10.1. The lowest BCUT2D eigenvalue weighted by Crippen LogP contribution is -2.14. The van der Waals surface area contributed by atoms with Gasteiger partial charge in [-0.3, -0.25) is 4.79 Å². The topological polar surface area (TPSA) is 42.0 Å². The van der Waals surface area contributed by atoms with Gasteiger partial charge in [0.1, 0.15) is 11.6 Å². The van der Waals surface area contributed by atoms with Crippen LogP contribution in [-0.4, -0.2) is 10.9 Å². The van der Waals surface area contributed by atoms with Gasteiger partial charge in [0.25, 0.3) is 5.91 Å². The van der Waals surface area contributed by atoms with Crippen LogP contribution in [0.4, 0.5) is 18.9 Å². The minimum Gasteiger partial charge on any atom is -0.320 e. The highest BCUT2D eigenvalue weighted by atomic mass is 19.1. The molecule has 2 rings (SSSR count). The van der Waals surface area contributed by atoms with Crippen molar-refractivity contribution in [3.63, 3.8) is 0 Å². The molecule has 1 amide bonds. The van der Waals surface area contributed by atoms with Crippen molar-refractivity contribution in [2.24, 2.45) is 0 Å². The van der Waals surface area contributed by atoms with E-state index in [1.807, 2.05) is 0 Å². The second kappa shape index (κ2) is 5.09. The predicted octanol–water partition coefficient (Wildman–Crippen LogP) is 3.06. The smallest absolute Gasteiger partial charge is 0.258 e. The van der Waals surface area contributed by atoms with Crippen LogP contribution < -0.4 is 5.32 Å². The first-order valence-corrected chi connectivity index (χ1v) is 5.36. The van der Waals surface area contributed by atoms with Gasteiger partial charge in [0.2, 0.25) is 5.95 Å². The number of carbonyl (C=O) groups is 1. The molecule has 0 bridgehead atoms. The molecule has 0 spiro atoms. The molecule has 1 heterocycles. The van der Waals surface area contributed by atoms with Crippen molar-refractivity contribution in [1.82, 2.24) is 4.98 Å². The van der Waals surface area contributed by atoms with Gasteiger partial charge >= 0.3 is 0 Å². The second-order valence-electron chi connectivity index (χ2n) is 3.90. The van der Waals surface area contributed by atoms with Crippen molar-refractivity contribution in [1.29, 1.82) is 0 Å². The Bertz CT molecular complexity index is 627. The van der Waals surface area contributed by atoms with Gasteiger partial charge in [0.15, 0.2) is 0 Å². The number of aryl methyl sites for hydroxylation is 1. The molecule has 3 nitrogen and oxygen atoms in total. The number of hydrogen-bond acceptors (Lipinski definition) is 2. The van der Waals surface area contributed by atoms with Crippen LogP contribution in [0.25, 0.3) is 0 Å². The Morgan fingerprint density at radius 1 is 1.16 bits per heavy atom. The summed E-state index contributed by atoms with van der Waals surface area (Å²) in [7, 11) is 0. The van der Waals surface area contributed by atoms with Crippen molar-refractivity contribution in [3.8, 4) is 0 Å². The second-order valence-corrected chi connectivity index (χ2v) is 3.90. The first-order chi connectivity index (χ1) is 8.97. The van der Waals surface area contributed by atoms with Crippen molar-refractivity contribution in [3.05, 3.63) is 59.2 Å². The maximum Gasteiger partial charge on any atom is 0.258 e. The van der Waals surface area contributed by atoms with E-state index in [2.05, 4.69) is 10.3 Å². The molecule has 0 unspecified atom stereocenters. The van der Waals surface area contributed by atoms with E-state index in [0.717, 1.165) is 18.3 Å². The molecule has 0 fully saturated rings. The Kier molecular flexibility index (Phi) is 3.50. The Labute approximate surface area is 107 Å². The van der Waals surface area contributed by atoms with E-state index in [1.54, 1.807) is 0 Å². The molecule has 2 aromatic rings. The van der Waals surface area contributed by atoms with Gasteiger partial charge in [0.05, 0.1) is 17.4 Å². The third-order valence-electron chi connectivity index (χ3n) is 2.48. The summed E-state index contributed by atoms with van der Waals surface area (Å²) in [5, 5.41) is 2.34. The largest absolute Gasteiger partial charge is 0.320 e. The maximum absolute atomic E-state index is 13.5. The Morgan fingerprint density at radius 2 is 1.89 bits per heavy atom. The molecule has 19 heavy (non-hydrogen) atoms. The number of carbonyl (C=O) groups excluding carboxylic acids is 1. The molecule has 1 aromatic carbocycles. The van der Waals surface area contributed by atoms with Crippen LogP contribution in [0, 0.1) is 24.5 Å². The van der Waals surface area contributed by atoms with Gasteiger partial charge in [-0.25, -0.2) is 13.8 Å². The molecule has 0 atom stereocenters. The van der Waals surface area contributed by atoms with E-state index in [1.165, 1.54) is 13.0 Å². The first kappa shape index (κ1) is 13.1. The normalized spacial score (nSPS) is 10.3. The van der Waals surface area contributed by atoms with Crippen LogP contribution in [0.15, 0.2) is 30.5 Å². The summed E-state index contributed by atoms with van der Waals surface area (Å²) in [5.41, 5.74) is 0.0831. The van der Waals surface area contributed by atoms with E-state index in [-0.39, 0.29) is 16.8 Å². The third-order valence-corrected chi connectivity index (χ3v) is 2.48. The highest BCUT2D eigenvalue weighted by Gasteiger charge is 2.14. The van der Waals surface area contributed by atoms with Crippen molar-refractivity contribution < 1.29 is 18.0 Å². The molecule has 0 aliphatic heterocycles. The molecular weight excluding hydrogens is 257 g/mol. The number of benzene rings is 1. The van der Waals surface area contributed by atoms with Crippen molar-refractivity contribution in [2.45, 2.75) is 6.92 Å². The maximum atomic E-state index is 13.5. The summed E-state index contributed by atoms with van der Waals surface area (Å²) in [6.45, 7) is 1.42. The minimum atomic E-state index is -0.962. The summed E-state index contributed by atoms with van der Waals surface area (Å²) in [5.74, 6) is -3.14. The van der Waals surface area contributed by atoms with Crippen LogP contribution >= 0.6 is 0 Å². The van der Waals surface area contributed by atoms with Gasteiger partial charge in [-0.1, -0.05) is 0 Å². The molecule has 0 saturated heterocycles. The highest BCUT2D eigenvalue weighted by molar-refractivity contribution is 6.04. The van der Waals surface area contributed by atoms with E-state index in [4.69, 9.17) is 0 Å². The lowest BCUT2D eigenvalue weighted by molar-refractivity contribution is 0.102. The van der Waals surface area contributed by atoms with E-state index in [0.29, 0.717) is 6.07 Å². The molecule has 0 aliphatic rings. The third kappa shape index (κ3) is 2.90. The van der Waals surface area contributed by atoms with E-state index >= 15 is 0 Å². The molecule has 1 N–H and O–H groups in total. The molecule has 0 radical (unpaired) electrons. The number of anilines is 1. The number of rotatable bonds is 2.